The molecule has 8 nitrogen and oxygen atoms in total. The summed E-state index contributed by atoms with van der Waals surface area (Å²) in [7, 11) is 1.48. The number of aryl methyl sites for hydroxylation is 1. The lowest BCUT2D eigenvalue weighted by Gasteiger charge is -2.27. The number of aromatic amines is 1. The third-order valence-corrected chi connectivity index (χ3v) is 5.89. The van der Waals surface area contributed by atoms with E-state index in [4.69, 9.17) is 16.3 Å². The molecule has 3 heterocycles. The fraction of sp³-hybridized carbons (Fsp3) is 0.261. The highest BCUT2D eigenvalue weighted by atomic mass is 35.5. The molecule has 0 saturated carbocycles. The van der Waals surface area contributed by atoms with E-state index in [1.165, 1.54) is 18.1 Å². The molecular formula is C23H22ClN4O4+. The fourth-order valence-electron chi connectivity index (χ4n) is 4.04. The maximum Gasteiger partial charge on any atom is 0.291 e. The molecule has 0 aliphatic carbocycles. The Bertz CT molecular complexity index is 1130. The van der Waals surface area contributed by atoms with E-state index >= 15 is 0 Å². The third-order valence-electron chi connectivity index (χ3n) is 5.59. The lowest BCUT2D eigenvalue weighted by atomic mass is 9.86. The van der Waals surface area contributed by atoms with Crippen molar-refractivity contribution in [1.29, 1.82) is 0 Å². The van der Waals surface area contributed by atoms with Crippen molar-refractivity contribution >= 4 is 29.1 Å². The van der Waals surface area contributed by atoms with Crippen molar-refractivity contribution < 1.29 is 23.7 Å². The van der Waals surface area contributed by atoms with Crippen LogP contribution in [0.25, 0.3) is 0 Å². The monoisotopic (exact) mass is 453 g/mol. The van der Waals surface area contributed by atoms with E-state index in [9.17, 15) is 14.4 Å². The van der Waals surface area contributed by atoms with Gasteiger partial charge in [0.15, 0.2) is 5.78 Å². The summed E-state index contributed by atoms with van der Waals surface area (Å²) in [6, 6.07) is 7.35. The summed E-state index contributed by atoms with van der Waals surface area (Å²) >= 11 is 6.19. The molecule has 32 heavy (non-hydrogen) atoms. The second-order valence-corrected chi connectivity index (χ2v) is 7.89. The zero-order chi connectivity index (χ0) is 22.7. The standard InChI is InChI=1S/C23H21ClN4O4/c1-32-18-4-3-16(13-17(18)24)21(29)19-20(15-5-7-25-8-6-15)28(23(31)22(19)30)11-2-10-27-12-9-26-14-27/h3-9,12-14,19-20H,2,10-11H2,1H3/p+1. The van der Waals surface area contributed by atoms with Crippen molar-refractivity contribution in [3.63, 3.8) is 0 Å². The van der Waals surface area contributed by atoms with Crippen LogP contribution in [0, 0.1) is 5.92 Å². The van der Waals surface area contributed by atoms with E-state index in [0.717, 1.165) is 0 Å². The molecule has 1 aromatic carbocycles. The van der Waals surface area contributed by atoms with Crippen LogP contribution in [-0.2, 0) is 16.1 Å². The highest BCUT2D eigenvalue weighted by Crippen LogP contribution is 2.38. The first-order valence-corrected chi connectivity index (χ1v) is 10.5. The molecule has 0 bridgehead atoms. The number of pyridine rings is 1. The first-order valence-electron chi connectivity index (χ1n) is 10.2. The van der Waals surface area contributed by atoms with E-state index in [1.807, 2.05) is 17.1 Å². The van der Waals surface area contributed by atoms with Gasteiger partial charge in [0.1, 0.15) is 24.1 Å². The number of Topliss-reactive ketones (excluding diaryl/α,β-unsaturated/α-hetero) is 2. The van der Waals surface area contributed by atoms with E-state index in [1.54, 1.807) is 42.9 Å². The molecule has 2 unspecified atom stereocenters. The Labute approximate surface area is 189 Å². The van der Waals surface area contributed by atoms with E-state index in [2.05, 4.69) is 9.97 Å². The summed E-state index contributed by atoms with van der Waals surface area (Å²) < 4.78 is 7.09. The van der Waals surface area contributed by atoms with Gasteiger partial charge in [-0.2, -0.15) is 0 Å². The van der Waals surface area contributed by atoms with Crippen molar-refractivity contribution in [3.8, 4) is 5.75 Å². The second-order valence-electron chi connectivity index (χ2n) is 7.48. The molecule has 1 aliphatic heterocycles. The Kier molecular flexibility index (Phi) is 6.32. The van der Waals surface area contributed by atoms with Gasteiger partial charge in [0.25, 0.3) is 5.91 Å². The quantitative estimate of drug-likeness (QED) is 0.244. The van der Waals surface area contributed by atoms with Crippen LogP contribution in [0.15, 0.2) is 61.4 Å². The fourth-order valence-corrected chi connectivity index (χ4v) is 4.30. The number of methoxy groups -OCH3 is 1. The Morgan fingerprint density at radius 3 is 2.69 bits per heavy atom. The number of nitrogens with zero attached hydrogens (tertiary/aromatic N) is 3. The second kappa shape index (κ2) is 9.32. The SMILES string of the molecule is COc1ccc(C(=O)C2C(=O)C(=O)N(CCC[n+]3cc[nH]c3)C2c2ccncc2)cc1Cl. The van der Waals surface area contributed by atoms with Gasteiger partial charge < -0.3 is 9.64 Å². The molecule has 1 amide bonds. The number of halogens is 1. The van der Waals surface area contributed by atoms with Crippen LogP contribution in [0.2, 0.25) is 5.02 Å². The Morgan fingerprint density at radius 1 is 1.25 bits per heavy atom. The summed E-state index contributed by atoms with van der Waals surface area (Å²) in [5.41, 5.74) is 0.942. The summed E-state index contributed by atoms with van der Waals surface area (Å²) in [6.07, 6.45) is 9.30. The summed E-state index contributed by atoms with van der Waals surface area (Å²) in [5, 5.41) is 0.260. The predicted molar refractivity (Wildman–Crippen MR) is 115 cm³/mol. The number of hydrogen-bond donors (Lipinski definition) is 1. The molecule has 0 spiro atoms. The number of ether oxygens (including phenoxy) is 1. The number of H-pyrrole nitrogens is 1. The third kappa shape index (κ3) is 4.13. The molecule has 4 rings (SSSR count). The molecule has 164 valence electrons. The van der Waals surface area contributed by atoms with Crippen LogP contribution in [0.4, 0.5) is 0 Å². The van der Waals surface area contributed by atoms with Crippen LogP contribution in [0.5, 0.6) is 5.75 Å². The van der Waals surface area contributed by atoms with Gasteiger partial charge in [-0.05, 0) is 35.9 Å². The van der Waals surface area contributed by atoms with Gasteiger partial charge in [-0.25, -0.2) is 4.57 Å². The zero-order valence-electron chi connectivity index (χ0n) is 17.4. The van der Waals surface area contributed by atoms with Gasteiger partial charge in [0, 0.05) is 30.9 Å². The molecule has 1 fully saturated rings. The zero-order valence-corrected chi connectivity index (χ0v) is 18.2. The van der Waals surface area contributed by atoms with Gasteiger partial charge in [0.2, 0.25) is 12.1 Å². The maximum atomic E-state index is 13.4. The van der Waals surface area contributed by atoms with Crippen molar-refractivity contribution in [2.45, 2.75) is 19.0 Å². The van der Waals surface area contributed by atoms with Gasteiger partial charge >= 0.3 is 0 Å². The molecular weight excluding hydrogens is 432 g/mol. The number of imidazole rings is 1. The first kappa shape index (κ1) is 21.7. The highest BCUT2D eigenvalue weighted by Gasteiger charge is 2.51. The van der Waals surface area contributed by atoms with Crippen LogP contribution in [0.3, 0.4) is 0 Å². The van der Waals surface area contributed by atoms with Crippen LogP contribution in [-0.4, -0.2) is 46.0 Å². The van der Waals surface area contributed by atoms with Gasteiger partial charge in [-0.1, -0.05) is 11.6 Å². The maximum absolute atomic E-state index is 13.4. The lowest BCUT2D eigenvalue weighted by Crippen LogP contribution is -2.36. The van der Waals surface area contributed by atoms with Crippen molar-refractivity contribution in [2.24, 2.45) is 5.92 Å². The molecule has 3 aromatic rings. The number of ketones is 2. The highest BCUT2D eigenvalue weighted by molar-refractivity contribution is 6.44. The van der Waals surface area contributed by atoms with Gasteiger partial charge in [-0.15, -0.1) is 0 Å². The van der Waals surface area contributed by atoms with E-state index in [-0.39, 0.29) is 10.6 Å². The Morgan fingerprint density at radius 2 is 2.03 bits per heavy atom. The Balaban J connectivity index is 1.65. The molecule has 2 aromatic heterocycles. The minimum atomic E-state index is -1.16. The minimum absolute atomic E-state index is 0.255. The van der Waals surface area contributed by atoms with Gasteiger partial charge in [-0.3, -0.25) is 24.4 Å². The first-order chi connectivity index (χ1) is 15.5. The number of carbonyl (C=O) groups is 3. The molecule has 1 saturated heterocycles. The Hall–Kier alpha value is -3.52. The molecule has 2 atom stereocenters. The minimum Gasteiger partial charge on any atom is -0.495 e. The number of benzene rings is 1. The van der Waals surface area contributed by atoms with Crippen LogP contribution < -0.4 is 9.30 Å². The average Bonchev–Trinajstić information content (AvgIpc) is 3.41. The smallest absolute Gasteiger partial charge is 0.291 e. The number of likely N-dealkylation sites (tertiary alicyclic amines) is 1. The summed E-state index contributed by atoms with van der Waals surface area (Å²) in [4.78, 5) is 47.9. The van der Waals surface area contributed by atoms with Crippen molar-refractivity contribution in [3.05, 3.63) is 77.6 Å². The normalized spacial score (nSPS) is 18.2. The van der Waals surface area contributed by atoms with Crippen molar-refractivity contribution in [2.75, 3.05) is 13.7 Å². The molecule has 1 aliphatic rings. The lowest BCUT2D eigenvalue weighted by molar-refractivity contribution is -0.695. The van der Waals surface area contributed by atoms with Crippen molar-refractivity contribution in [1.82, 2.24) is 14.9 Å². The molecule has 9 heteroatoms. The number of nitrogens with one attached hydrogen (secondary N) is 1. The van der Waals surface area contributed by atoms with Crippen LogP contribution >= 0.6 is 11.6 Å². The van der Waals surface area contributed by atoms with Gasteiger partial charge in [0.05, 0.1) is 24.7 Å². The van der Waals surface area contributed by atoms with E-state index in [0.29, 0.717) is 30.8 Å². The summed E-state index contributed by atoms with van der Waals surface area (Å²) in [6.45, 7) is 1.00. The predicted octanol–water partition coefficient (Wildman–Crippen LogP) is 2.40. The van der Waals surface area contributed by atoms with E-state index < -0.39 is 29.4 Å². The number of rotatable bonds is 8. The number of aromatic nitrogens is 3. The number of carbonyl (C=O) groups excluding carboxylic acids is 3. The number of amides is 1. The average molecular weight is 454 g/mol. The molecule has 0 radical (unpaired) electrons. The number of hydrogen-bond acceptors (Lipinski definition) is 5. The summed E-state index contributed by atoms with van der Waals surface area (Å²) in [5.74, 6) is -2.54. The molecule has 1 N–H and O–H groups in total. The van der Waals surface area contributed by atoms with Crippen LogP contribution in [0.1, 0.15) is 28.4 Å². The largest absolute Gasteiger partial charge is 0.495 e. The topological polar surface area (TPSA) is 96.2 Å².